The van der Waals surface area contributed by atoms with E-state index in [9.17, 15) is 5.26 Å². The monoisotopic (exact) mass is 449 g/mol. The van der Waals surface area contributed by atoms with Gasteiger partial charge in [-0.05, 0) is 64.1 Å². The molecule has 2 aromatic rings. The van der Waals surface area contributed by atoms with E-state index in [4.69, 9.17) is 27.5 Å². The van der Waals surface area contributed by atoms with E-state index >= 15 is 0 Å². The fourth-order valence-electron chi connectivity index (χ4n) is 2.05. The summed E-state index contributed by atoms with van der Waals surface area (Å²) < 4.78 is 11.7. The molecule has 2 aromatic carbocycles. The minimum atomic E-state index is 0.162. The number of rotatable bonds is 5. The second-order valence-corrected chi connectivity index (χ2v) is 6.30. The molecule has 0 spiro atoms. The van der Waals surface area contributed by atoms with Gasteiger partial charge in [0.05, 0.1) is 22.3 Å². The maximum atomic E-state index is 9.45. The van der Waals surface area contributed by atoms with Crippen molar-refractivity contribution in [3.05, 3.63) is 56.1 Å². The Bertz CT molecular complexity index is 845. The van der Waals surface area contributed by atoms with E-state index in [-0.39, 0.29) is 6.61 Å². The summed E-state index contributed by atoms with van der Waals surface area (Å²) in [6.07, 6.45) is 7.02. The smallest absolute Gasteiger partial charge is 0.175 e. The standard InChI is InChI=1S/C19H13ClINO2/c1-3-8-24-19-17(21)10-13(11-18(19)23-2)9-15(12-22)14-4-6-16(20)7-5-14/h1,4-7,9-11H,8H2,2H3/b15-9+. The molecule has 3 nitrogen and oxygen atoms in total. The Kier molecular flexibility index (Phi) is 6.54. The lowest BCUT2D eigenvalue weighted by atomic mass is 10.0. The molecule has 0 heterocycles. The number of hydrogen-bond acceptors (Lipinski definition) is 3. The minimum absolute atomic E-state index is 0.162. The third-order valence-corrected chi connectivity index (χ3v) is 4.19. The highest BCUT2D eigenvalue weighted by molar-refractivity contribution is 14.1. The Morgan fingerprint density at radius 1 is 1.33 bits per heavy atom. The molecule has 0 fully saturated rings. The first-order valence-electron chi connectivity index (χ1n) is 6.90. The molecule has 0 unspecified atom stereocenters. The van der Waals surface area contributed by atoms with E-state index in [0.717, 1.165) is 14.7 Å². The maximum Gasteiger partial charge on any atom is 0.175 e. The minimum Gasteiger partial charge on any atom is -0.493 e. The molecule has 2 rings (SSSR count). The Labute approximate surface area is 160 Å². The van der Waals surface area contributed by atoms with Crippen LogP contribution in [0.1, 0.15) is 11.1 Å². The summed E-state index contributed by atoms with van der Waals surface area (Å²) in [5.41, 5.74) is 2.15. The van der Waals surface area contributed by atoms with Crippen LogP contribution in [0.4, 0.5) is 0 Å². The van der Waals surface area contributed by atoms with Gasteiger partial charge < -0.3 is 9.47 Å². The highest BCUT2D eigenvalue weighted by atomic mass is 127. The fraction of sp³-hybridized carbons (Fsp3) is 0.105. The molecular weight excluding hydrogens is 437 g/mol. The Morgan fingerprint density at radius 3 is 2.62 bits per heavy atom. The molecule has 0 aliphatic carbocycles. The Hall–Kier alpha value is -2.15. The molecule has 24 heavy (non-hydrogen) atoms. The van der Waals surface area contributed by atoms with Crippen molar-refractivity contribution in [3.63, 3.8) is 0 Å². The zero-order chi connectivity index (χ0) is 17.5. The van der Waals surface area contributed by atoms with Gasteiger partial charge in [0.1, 0.15) is 6.61 Å². The van der Waals surface area contributed by atoms with Gasteiger partial charge >= 0.3 is 0 Å². The Morgan fingerprint density at radius 2 is 2.04 bits per heavy atom. The summed E-state index contributed by atoms with van der Waals surface area (Å²) in [5, 5.41) is 10.1. The summed E-state index contributed by atoms with van der Waals surface area (Å²) in [4.78, 5) is 0. The van der Waals surface area contributed by atoms with Gasteiger partial charge in [0.15, 0.2) is 11.5 Å². The van der Waals surface area contributed by atoms with E-state index in [2.05, 4.69) is 34.6 Å². The zero-order valence-corrected chi connectivity index (χ0v) is 15.8. The highest BCUT2D eigenvalue weighted by Gasteiger charge is 2.11. The number of hydrogen-bond donors (Lipinski definition) is 0. The van der Waals surface area contributed by atoms with Crippen LogP contribution in [0.3, 0.4) is 0 Å². The van der Waals surface area contributed by atoms with Gasteiger partial charge in [-0.1, -0.05) is 29.7 Å². The second kappa shape index (κ2) is 8.63. The molecule has 0 bridgehead atoms. The molecule has 0 N–H and O–H groups in total. The Balaban J connectivity index is 2.44. The van der Waals surface area contributed by atoms with Crippen LogP contribution in [0.2, 0.25) is 5.02 Å². The van der Waals surface area contributed by atoms with Crippen LogP contribution in [-0.4, -0.2) is 13.7 Å². The fourth-order valence-corrected chi connectivity index (χ4v) is 2.96. The summed E-state index contributed by atoms with van der Waals surface area (Å²) in [6, 6.07) is 13.0. The van der Waals surface area contributed by atoms with Gasteiger partial charge in [0, 0.05) is 5.02 Å². The molecule has 5 heteroatoms. The van der Waals surface area contributed by atoms with Crippen molar-refractivity contribution in [2.45, 2.75) is 0 Å². The van der Waals surface area contributed by atoms with E-state index < -0.39 is 0 Å². The van der Waals surface area contributed by atoms with Crippen LogP contribution in [0, 0.1) is 27.2 Å². The van der Waals surface area contributed by atoms with Crippen LogP contribution in [-0.2, 0) is 0 Å². The summed E-state index contributed by atoms with van der Waals surface area (Å²) in [6.45, 7) is 0.162. The number of terminal acetylenes is 1. The van der Waals surface area contributed by atoms with Crippen molar-refractivity contribution in [1.29, 1.82) is 5.26 Å². The van der Waals surface area contributed by atoms with Crippen molar-refractivity contribution in [3.8, 4) is 29.9 Å². The van der Waals surface area contributed by atoms with Gasteiger partial charge in [0.2, 0.25) is 0 Å². The normalized spacial score (nSPS) is 10.6. The number of allylic oxidation sites excluding steroid dienone is 1. The van der Waals surface area contributed by atoms with Crippen LogP contribution in [0.5, 0.6) is 11.5 Å². The molecule has 0 saturated carbocycles. The predicted molar refractivity (Wildman–Crippen MR) is 105 cm³/mol. The quantitative estimate of drug-likeness (QED) is 0.278. The van der Waals surface area contributed by atoms with Gasteiger partial charge in [-0.2, -0.15) is 5.26 Å². The number of halogens is 2. The topological polar surface area (TPSA) is 42.2 Å². The van der Waals surface area contributed by atoms with Crippen molar-refractivity contribution in [1.82, 2.24) is 0 Å². The third-order valence-electron chi connectivity index (χ3n) is 3.14. The molecular formula is C19H13ClINO2. The number of methoxy groups -OCH3 is 1. The number of benzene rings is 2. The van der Waals surface area contributed by atoms with Crippen molar-refractivity contribution >= 4 is 45.8 Å². The van der Waals surface area contributed by atoms with Gasteiger partial charge in [-0.3, -0.25) is 0 Å². The SMILES string of the molecule is C#CCOc1c(I)cc(/C=C(\C#N)c2ccc(Cl)cc2)cc1OC. The van der Waals surface area contributed by atoms with Gasteiger partial charge in [0.25, 0.3) is 0 Å². The lowest BCUT2D eigenvalue weighted by molar-refractivity contribution is 0.328. The molecule has 0 aliphatic heterocycles. The van der Waals surface area contributed by atoms with Crippen LogP contribution in [0.25, 0.3) is 11.6 Å². The van der Waals surface area contributed by atoms with Gasteiger partial charge in [-0.15, -0.1) is 6.42 Å². The average molecular weight is 450 g/mol. The predicted octanol–water partition coefficient (Wildman–Crippen LogP) is 5.03. The molecule has 0 radical (unpaired) electrons. The number of nitrogens with zero attached hydrogens (tertiary/aromatic N) is 1. The molecule has 120 valence electrons. The van der Waals surface area contributed by atoms with E-state index in [0.29, 0.717) is 22.1 Å². The van der Waals surface area contributed by atoms with Crippen LogP contribution >= 0.6 is 34.2 Å². The van der Waals surface area contributed by atoms with Crippen LogP contribution in [0.15, 0.2) is 36.4 Å². The molecule has 0 saturated heterocycles. The first kappa shape index (κ1) is 18.2. The van der Waals surface area contributed by atoms with E-state index in [1.54, 1.807) is 31.4 Å². The molecule has 0 atom stereocenters. The first-order chi connectivity index (χ1) is 11.6. The summed E-state index contributed by atoms with van der Waals surface area (Å²) >= 11 is 8.04. The molecule has 0 aliphatic rings. The third kappa shape index (κ3) is 4.44. The lowest BCUT2D eigenvalue weighted by Gasteiger charge is -2.12. The highest BCUT2D eigenvalue weighted by Crippen LogP contribution is 2.35. The second-order valence-electron chi connectivity index (χ2n) is 4.70. The molecule has 0 amide bonds. The van der Waals surface area contributed by atoms with Crippen molar-refractivity contribution < 1.29 is 9.47 Å². The summed E-state index contributed by atoms with van der Waals surface area (Å²) in [7, 11) is 1.56. The molecule has 0 aromatic heterocycles. The van der Waals surface area contributed by atoms with Crippen LogP contribution < -0.4 is 9.47 Å². The number of nitriles is 1. The average Bonchev–Trinajstić information content (AvgIpc) is 2.59. The number of ether oxygens (including phenoxy) is 2. The van der Waals surface area contributed by atoms with E-state index in [1.807, 2.05) is 18.2 Å². The van der Waals surface area contributed by atoms with Crippen molar-refractivity contribution in [2.24, 2.45) is 0 Å². The van der Waals surface area contributed by atoms with Gasteiger partial charge in [-0.25, -0.2) is 0 Å². The van der Waals surface area contributed by atoms with E-state index in [1.165, 1.54) is 0 Å². The maximum absolute atomic E-state index is 9.45. The zero-order valence-electron chi connectivity index (χ0n) is 12.8. The first-order valence-corrected chi connectivity index (χ1v) is 8.36. The largest absolute Gasteiger partial charge is 0.493 e. The lowest BCUT2D eigenvalue weighted by Crippen LogP contribution is -1.99. The van der Waals surface area contributed by atoms with Crippen molar-refractivity contribution in [2.75, 3.05) is 13.7 Å². The summed E-state index contributed by atoms with van der Waals surface area (Å²) in [5.74, 6) is 3.59.